The lowest BCUT2D eigenvalue weighted by atomic mass is 10.1. The summed E-state index contributed by atoms with van der Waals surface area (Å²) in [5.41, 5.74) is -0.873. The number of benzene rings is 1. The van der Waals surface area contributed by atoms with Crippen molar-refractivity contribution in [3.05, 3.63) is 33.8 Å². The monoisotopic (exact) mass is 309 g/mol. The molecule has 0 saturated carbocycles. The third-order valence-corrected chi connectivity index (χ3v) is 2.82. The van der Waals surface area contributed by atoms with Crippen LogP contribution in [-0.4, -0.2) is 11.9 Å². The van der Waals surface area contributed by atoms with Crippen LogP contribution in [-0.2, 0) is 6.18 Å². The maximum absolute atomic E-state index is 12.6. The number of rotatable bonds is 2. The molecule has 0 heterocycles. The lowest BCUT2D eigenvalue weighted by Gasteiger charge is -2.13. The molecule has 94 valence electrons. The van der Waals surface area contributed by atoms with E-state index in [1.54, 1.807) is 13.8 Å². The smallest absolute Gasteiger partial charge is 0.350 e. The van der Waals surface area contributed by atoms with Crippen molar-refractivity contribution in [2.75, 3.05) is 0 Å². The van der Waals surface area contributed by atoms with E-state index < -0.39 is 17.6 Å². The average molecular weight is 310 g/mol. The Labute approximate surface area is 105 Å². The van der Waals surface area contributed by atoms with Gasteiger partial charge in [0.2, 0.25) is 0 Å². The molecule has 0 atom stereocenters. The van der Waals surface area contributed by atoms with Gasteiger partial charge in [-0.05, 0) is 41.9 Å². The Kier molecular flexibility index (Phi) is 4.19. The van der Waals surface area contributed by atoms with Gasteiger partial charge in [0.25, 0.3) is 5.91 Å². The second-order valence-corrected chi connectivity index (χ2v) is 4.59. The summed E-state index contributed by atoms with van der Waals surface area (Å²) in [5.74, 6) is -0.530. The van der Waals surface area contributed by atoms with E-state index in [9.17, 15) is 18.0 Å². The number of carbonyl (C=O) groups is 1. The molecular weight excluding hydrogens is 299 g/mol. The van der Waals surface area contributed by atoms with E-state index in [1.807, 2.05) is 0 Å². The van der Waals surface area contributed by atoms with Crippen molar-refractivity contribution in [3.8, 4) is 0 Å². The Morgan fingerprint density at radius 3 is 2.41 bits per heavy atom. The first-order valence-electron chi connectivity index (χ1n) is 4.90. The highest BCUT2D eigenvalue weighted by molar-refractivity contribution is 9.10. The number of amides is 1. The Hall–Kier alpha value is -1.04. The summed E-state index contributed by atoms with van der Waals surface area (Å²) in [7, 11) is 0. The molecule has 0 unspecified atom stereocenters. The van der Waals surface area contributed by atoms with Gasteiger partial charge in [-0.3, -0.25) is 4.79 Å². The van der Waals surface area contributed by atoms with Gasteiger partial charge in [-0.2, -0.15) is 13.2 Å². The van der Waals surface area contributed by atoms with Crippen molar-refractivity contribution < 1.29 is 18.0 Å². The fraction of sp³-hybridized carbons (Fsp3) is 0.364. The highest BCUT2D eigenvalue weighted by atomic mass is 79.9. The van der Waals surface area contributed by atoms with Crippen LogP contribution in [0, 0.1) is 0 Å². The number of nitrogens with one attached hydrogen (secondary N) is 1. The van der Waals surface area contributed by atoms with E-state index in [2.05, 4.69) is 21.2 Å². The standard InChI is InChI=1S/C11H11BrF3NO/c1-6(2)16-10(17)7-4-3-5-8(9(7)12)11(13,14)15/h3-6H,1-2H3,(H,16,17). The summed E-state index contributed by atoms with van der Waals surface area (Å²) in [6, 6.07) is 3.35. The normalized spacial score (nSPS) is 11.7. The predicted molar refractivity (Wildman–Crippen MR) is 61.7 cm³/mol. The molecule has 1 rings (SSSR count). The van der Waals surface area contributed by atoms with Crippen molar-refractivity contribution in [1.29, 1.82) is 0 Å². The van der Waals surface area contributed by atoms with Crippen LogP contribution in [0.3, 0.4) is 0 Å². The molecule has 1 amide bonds. The molecule has 0 spiro atoms. The lowest BCUT2D eigenvalue weighted by Crippen LogP contribution is -2.30. The molecule has 0 aliphatic rings. The Balaban J connectivity index is 3.15. The van der Waals surface area contributed by atoms with Crippen LogP contribution in [0.15, 0.2) is 22.7 Å². The van der Waals surface area contributed by atoms with Gasteiger partial charge in [0, 0.05) is 10.5 Å². The maximum atomic E-state index is 12.6. The van der Waals surface area contributed by atoms with Crippen LogP contribution in [0.25, 0.3) is 0 Å². The number of alkyl halides is 3. The van der Waals surface area contributed by atoms with E-state index in [0.717, 1.165) is 6.07 Å². The fourth-order valence-electron chi connectivity index (χ4n) is 1.27. The van der Waals surface area contributed by atoms with Crippen molar-refractivity contribution in [2.24, 2.45) is 0 Å². The van der Waals surface area contributed by atoms with E-state index in [4.69, 9.17) is 0 Å². The van der Waals surface area contributed by atoms with Crippen LogP contribution in [0.2, 0.25) is 0 Å². The van der Waals surface area contributed by atoms with Gasteiger partial charge < -0.3 is 5.32 Å². The Morgan fingerprint density at radius 2 is 1.94 bits per heavy atom. The van der Waals surface area contributed by atoms with E-state index >= 15 is 0 Å². The molecule has 0 aliphatic carbocycles. The lowest BCUT2D eigenvalue weighted by molar-refractivity contribution is -0.138. The molecule has 2 nitrogen and oxygen atoms in total. The third kappa shape index (κ3) is 3.46. The highest BCUT2D eigenvalue weighted by Crippen LogP contribution is 2.36. The molecule has 0 aromatic heterocycles. The zero-order valence-electron chi connectivity index (χ0n) is 9.23. The predicted octanol–water partition coefficient (Wildman–Crippen LogP) is 3.61. The fourth-order valence-corrected chi connectivity index (χ4v) is 1.94. The largest absolute Gasteiger partial charge is 0.417 e. The Bertz CT molecular complexity index is 429. The highest BCUT2D eigenvalue weighted by Gasteiger charge is 2.34. The maximum Gasteiger partial charge on any atom is 0.417 e. The first-order chi connectivity index (χ1) is 7.73. The van der Waals surface area contributed by atoms with Crippen molar-refractivity contribution in [2.45, 2.75) is 26.1 Å². The summed E-state index contributed by atoms with van der Waals surface area (Å²) >= 11 is 2.83. The van der Waals surface area contributed by atoms with E-state index in [-0.39, 0.29) is 16.1 Å². The van der Waals surface area contributed by atoms with Gasteiger partial charge in [0.1, 0.15) is 0 Å². The zero-order chi connectivity index (χ0) is 13.2. The summed E-state index contributed by atoms with van der Waals surface area (Å²) < 4.78 is 37.5. The molecule has 0 fully saturated rings. The molecule has 0 saturated heterocycles. The molecule has 1 N–H and O–H groups in total. The van der Waals surface area contributed by atoms with Gasteiger partial charge in [0.05, 0.1) is 11.1 Å². The van der Waals surface area contributed by atoms with Crippen LogP contribution < -0.4 is 5.32 Å². The van der Waals surface area contributed by atoms with Crippen LogP contribution >= 0.6 is 15.9 Å². The summed E-state index contributed by atoms with van der Waals surface area (Å²) in [6.45, 7) is 3.47. The Morgan fingerprint density at radius 1 is 1.35 bits per heavy atom. The number of hydrogen-bond acceptors (Lipinski definition) is 1. The first-order valence-corrected chi connectivity index (χ1v) is 5.69. The SMILES string of the molecule is CC(C)NC(=O)c1cccc(C(F)(F)F)c1Br. The van der Waals surface area contributed by atoms with Gasteiger partial charge in [-0.25, -0.2) is 0 Å². The van der Waals surface area contributed by atoms with Crippen molar-refractivity contribution in [1.82, 2.24) is 5.32 Å². The van der Waals surface area contributed by atoms with Crippen LogP contribution in [0.4, 0.5) is 13.2 Å². The summed E-state index contributed by atoms with van der Waals surface area (Å²) in [4.78, 5) is 11.6. The molecule has 0 aliphatic heterocycles. The number of hydrogen-bond donors (Lipinski definition) is 1. The molecule has 1 aromatic rings. The average Bonchev–Trinajstić information content (AvgIpc) is 2.14. The van der Waals surface area contributed by atoms with Gasteiger partial charge in [0.15, 0.2) is 0 Å². The molecule has 1 aromatic carbocycles. The van der Waals surface area contributed by atoms with Gasteiger partial charge >= 0.3 is 6.18 Å². The zero-order valence-corrected chi connectivity index (χ0v) is 10.8. The van der Waals surface area contributed by atoms with Crippen molar-refractivity contribution >= 4 is 21.8 Å². The quantitative estimate of drug-likeness (QED) is 0.888. The third-order valence-electron chi connectivity index (χ3n) is 1.97. The van der Waals surface area contributed by atoms with E-state index in [0.29, 0.717) is 0 Å². The first kappa shape index (κ1) is 14.0. The number of carbonyl (C=O) groups excluding carboxylic acids is 1. The molecule has 0 radical (unpaired) electrons. The molecular formula is C11H11BrF3NO. The minimum absolute atomic E-state index is 0.0199. The van der Waals surface area contributed by atoms with Crippen LogP contribution in [0.1, 0.15) is 29.8 Å². The second kappa shape index (κ2) is 5.08. The molecule has 17 heavy (non-hydrogen) atoms. The summed E-state index contributed by atoms with van der Waals surface area (Å²) in [5, 5.41) is 2.54. The minimum atomic E-state index is -4.48. The van der Waals surface area contributed by atoms with Gasteiger partial charge in [-0.1, -0.05) is 6.07 Å². The molecule has 0 bridgehead atoms. The topological polar surface area (TPSA) is 29.1 Å². The summed E-state index contributed by atoms with van der Waals surface area (Å²) in [6.07, 6.45) is -4.48. The van der Waals surface area contributed by atoms with Crippen molar-refractivity contribution in [3.63, 3.8) is 0 Å². The second-order valence-electron chi connectivity index (χ2n) is 3.79. The van der Waals surface area contributed by atoms with Gasteiger partial charge in [-0.15, -0.1) is 0 Å². The number of halogens is 4. The minimum Gasteiger partial charge on any atom is -0.350 e. The van der Waals surface area contributed by atoms with E-state index in [1.165, 1.54) is 12.1 Å². The molecule has 6 heteroatoms. The van der Waals surface area contributed by atoms with Crippen LogP contribution in [0.5, 0.6) is 0 Å².